The maximum atomic E-state index is 5.33. The maximum Gasteiger partial charge on any atom is 0.141 e. The molecule has 3 aromatic heterocycles. The van der Waals surface area contributed by atoms with Crippen molar-refractivity contribution in [2.75, 3.05) is 0 Å². The van der Waals surface area contributed by atoms with Crippen LogP contribution >= 0.6 is 11.3 Å². The monoisotopic (exact) mass is 217 g/mol. The number of furan rings is 1. The second-order valence-electron chi connectivity index (χ2n) is 2.97. The zero-order valence-electron chi connectivity index (χ0n) is 7.68. The molecule has 0 aliphatic rings. The van der Waals surface area contributed by atoms with Crippen molar-refractivity contribution in [1.29, 1.82) is 0 Å². The minimum absolute atomic E-state index is 0.800. The summed E-state index contributed by atoms with van der Waals surface area (Å²) in [6.45, 7) is 0. The molecule has 3 aromatic rings. The van der Waals surface area contributed by atoms with Crippen molar-refractivity contribution in [3.63, 3.8) is 0 Å². The molecule has 74 valence electrons. The van der Waals surface area contributed by atoms with E-state index in [1.54, 1.807) is 30.0 Å². The van der Waals surface area contributed by atoms with Crippen LogP contribution in [-0.2, 0) is 0 Å². The van der Waals surface area contributed by atoms with Crippen LogP contribution in [0.3, 0.4) is 0 Å². The average molecular weight is 217 g/mol. The summed E-state index contributed by atoms with van der Waals surface area (Å²) in [5, 5.41) is 9.80. The Morgan fingerprint density at radius 3 is 3.13 bits per heavy atom. The molecule has 4 nitrogen and oxygen atoms in total. The molecule has 0 aliphatic heterocycles. The van der Waals surface area contributed by atoms with Gasteiger partial charge in [-0.1, -0.05) is 0 Å². The van der Waals surface area contributed by atoms with Crippen LogP contribution in [0.2, 0.25) is 0 Å². The highest BCUT2D eigenvalue weighted by molar-refractivity contribution is 7.13. The summed E-state index contributed by atoms with van der Waals surface area (Å²) in [6.07, 6.45) is 5.16. The van der Waals surface area contributed by atoms with E-state index < -0.39 is 0 Å². The highest BCUT2D eigenvalue weighted by Gasteiger charge is 2.13. The number of nitrogens with zero attached hydrogens (tertiary/aromatic N) is 2. The van der Waals surface area contributed by atoms with Crippen molar-refractivity contribution in [2.45, 2.75) is 0 Å². The van der Waals surface area contributed by atoms with E-state index in [0.717, 1.165) is 22.0 Å². The number of hydrogen-bond acceptors (Lipinski definition) is 4. The zero-order valence-corrected chi connectivity index (χ0v) is 8.49. The lowest BCUT2D eigenvalue weighted by Gasteiger charge is -1.95. The standard InChI is InChI=1S/C10H7N3OS/c1-2-8(14-4-1)7-6-12-13-9(7)10-11-3-5-15-10/h1-6H,(H,12,13). The quantitative estimate of drug-likeness (QED) is 0.718. The third-order valence-corrected chi connectivity index (χ3v) is 2.86. The summed E-state index contributed by atoms with van der Waals surface area (Å²) in [6, 6.07) is 3.76. The van der Waals surface area contributed by atoms with Gasteiger partial charge in [0.15, 0.2) is 0 Å². The summed E-state index contributed by atoms with van der Waals surface area (Å²) in [5.74, 6) is 0.800. The Bertz CT molecular complexity index is 490. The van der Waals surface area contributed by atoms with E-state index in [2.05, 4.69) is 15.2 Å². The molecule has 0 fully saturated rings. The molecule has 0 saturated carbocycles. The highest BCUT2D eigenvalue weighted by atomic mass is 32.1. The summed E-state index contributed by atoms with van der Waals surface area (Å²) in [4.78, 5) is 4.23. The third kappa shape index (κ3) is 1.37. The summed E-state index contributed by atoms with van der Waals surface area (Å²) in [7, 11) is 0. The SMILES string of the molecule is c1coc(-c2cn[nH]c2-c2nccs2)c1. The highest BCUT2D eigenvalue weighted by Crippen LogP contribution is 2.31. The minimum atomic E-state index is 0.800. The molecule has 1 N–H and O–H groups in total. The van der Waals surface area contributed by atoms with E-state index in [0.29, 0.717) is 0 Å². The number of H-pyrrole nitrogens is 1. The first-order chi connectivity index (χ1) is 7.45. The largest absolute Gasteiger partial charge is 0.464 e. The van der Waals surface area contributed by atoms with Crippen molar-refractivity contribution in [3.8, 4) is 22.0 Å². The van der Waals surface area contributed by atoms with Crippen LogP contribution in [0.5, 0.6) is 0 Å². The van der Waals surface area contributed by atoms with Crippen molar-refractivity contribution in [2.24, 2.45) is 0 Å². The molecule has 0 aromatic carbocycles. The molecule has 0 unspecified atom stereocenters. The molecule has 15 heavy (non-hydrogen) atoms. The first-order valence-corrected chi connectivity index (χ1v) is 5.30. The lowest BCUT2D eigenvalue weighted by molar-refractivity contribution is 0.582. The second kappa shape index (κ2) is 3.36. The Kier molecular flexibility index (Phi) is 1.89. The van der Waals surface area contributed by atoms with E-state index in [4.69, 9.17) is 4.42 Å². The molecule has 3 heterocycles. The third-order valence-electron chi connectivity index (χ3n) is 2.07. The Morgan fingerprint density at radius 2 is 2.40 bits per heavy atom. The number of aromatic nitrogens is 3. The van der Waals surface area contributed by atoms with Crippen molar-refractivity contribution in [1.82, 2.24) is 15.2 Å². The van der Waals surface area contributed by atoms with E-state index in [9.17, 15) is 0 Å². The van der Waals surface area contributed by atoms with Crippen LogP contribution in [0.1, 0.15) is 0 Å². The normalized spacial score (nSPS) is 10.7. The van der Waals surface area contributed by atoms with Gasteiger partial charge in [-0.3, -0.25) is 5.10 Å². The molecule has 3 rings (SSSR count). The zero-order chi connectivity index (χ0) is 10.1. The number of nitrogens with one attached hydrogen (secondary N) is 1. The average Bonchev–Trinajstić information content (AvgIpc) is 3.01. The molecule has 0 radical (unpaired) electrons. The van der Waals surface area contributed by atoms with E-state index in [-0.39, 0.29) is 0 Å². The van der Waals surface area contributed by atoms with Gasteiger partial charge in [0.25, 0.3) is 0 Å². The number of thiazole rings is 1. The van der Waals surface area contributed by atoms with Gasteiger partial charge in [0.05, 0.1) is 18.0 Å². The minimum Gasteiger partial charge on any atom is -0.464 e. The van der Waals surface area contributed by atoms with Gasteiger partial charge in [0, 0.05) is 11.6 Å². The fraction of sp³-hybridized carbons (Fsp3) is 0. The molecule has 5 heteroatoms. The van der Waals surface area contributed by atoms with Gasteiger partial charge in [0.1, 0.15) is 16.5 Å². The number of rotatable bonds is 2. The number of aromatic amines is 1. The second-order valence-corrected chi connectivity index (χ2v) is 3.87. The van der Waals surface area contributed by atoms with E-state index in [1.165, 1.54) is 0 Å². The van der Waals surface area contributed by atoms with Crippen LogP contribution in [0.15, 0.2) is 40.6 Å². The molecule has 0 bridgehead atoms. The van der Waals surface area contributed by atoms with Gasteiger partial charge in [0.2, 0.25) is 0 Å². The molecular weight excluding hydrogens is 210 g/mol. The van der Waals surface area contributed by atoms with Gasteiger partial charge in [-0.15, -0.1) is 11.3 Å². The van der Waals surface area contributed by atoms with Crippen LogP contribution < -0.4 is 0 Å². The van der Waals surface area contributed by atoms with Gasteiger partial charge in [-0.2, -0.15) is 5.10 Å². The predicted molar refractivity (Wildman–Crippen MR) is 57.4 cm³/mol. The molecule has 0 spiro atoms. The smallest absolute Gasteiger partial charge is 0.141 e. The van der Waals surface area contributed by atoms with Crippen LogP contribution in [0.25, 0.3) is 22.0 Å². The van der Waals surface area contributed by atoms with Crippen LogP contribution in [-0.4, -0.2) is 15.2 Å². The van der Waals surface area contributed by atoms with Gasteiger partial charge in [-0.05, 0) is 12.1 Å². The first kappa shape index (κ1) is 8.43. The predicted octanol–water partition coefficient (Wildman–Crippen LogP) is 2.79. The van der Waals surface area contributed by atoms with Crippen molar-refractivity contribution < 1.29 is 4.42 Å². The maximum absolute atomic E-state index is 5.33. The summed E-state index contributed by atoms with van der Waals surface area (Å²) >= 11 is 1.57. The summed E-state index contributed by atoms with van der Waals surface area (Å²) in [5.41, 5.74) is 1.84. The van der Waals surface area contributed by atoms with Gasteiger partial charge >= 0.3 is 0 Å². The van der Waals surface area contributed by atoms with Crippen LogP contribution in [0.4, 0.5) is 0 Å². The molecule has 0 atom stereocenters. The molecule has 0 saturated heterocycles. The fourth-order valence-corrected chi connectivity index (χ4v) is 2.06. The van der Waals surface area contributed by atoms with Crippen molar-refractivity contribution >= 4 is 11.3 Å². The molecular formula is C10H7N3OS. The van der Waals surface area contributed by atoms with Crippen molar-refractivity contribution in [3.05, 3.63) is 36.2 Å². The van der Waals surface area contributed by atoms with E-state index in [1.807, 2.05) is 17.5 Å². The Labute approximate surface area is 89.6 Å². The number of hydrogen-bond donors (Lipinski definition) is 1. The first-order valence-electron chi connectivity index (χ1n) is 4.42. The van der Waals surface area contributed by atoms with Crippen LogP contribution in [0, 0.1) is 0 Å². The lowest BCUT2D eigenvalue weighted by Crippen LogP contribution is -1.79. The molecule has 0 amide bonds. The van der Waals surface area contributed by atoms with Gasteiger partial charge in [-0.25, -0.2) is 4.98 Å². The Hall–Kier alpha value is -1.88. The topological polar surface area (TPSA) is 54.7 Å². The van der Waals surface area contributed by atoms with Gasteiger partial charge < -0.3 is 4.42 Å². The lowest BCUT2D eigenvalue weighted by atomic mass is 10.2. The summed E-state index contributed by atoms with van der Waals surface area (Å²) < 4.78 is 5.33. The van der Waals surface area contributed by atoms with E-state index >= 15 is 0 Å². The Morgan fingerprint density at radius 1 is 1.40 bits per heavy atom. The Balaban J connectivity index is 2.15. The molecule has 0 aliphatic carbocycles. The fourth-order valence-electron chi connectivity index (χ4n) is 1.41.